The van der Waals surface area contributed by atoms with Crippen LogP contribution in [0.15, 0.2) is 12.3 Å². The van der Waals surface area contributed by atoms with Crippen molar-refractivity contribution in [2.45, 2.75) is 16.4 Å². The SMILES string of the molecule is CSC1C=CN2C(=O)C[C@H]2S1. The number of thioether (sulfide) groups is 2. The first kappa shape index (κ1) is 7.55. The molecule has 4 heteroatoms. The smallest absolute Gasteiger partial charge is 0.230 e. The second kappa shape index (κ2) is 2.75. The number of nitrogens with zero attached hydrogens (tertiary/aromatic N) is 1. The fourth-order valence-corrected chi connectivity index (χ4v) is 3.28. The average Bonchev–Trinajstić information content (AvgIpc) is 2.02. The van der Waals surface area contributed by atoms with E-state index < -0.39 is 0 Å². The fraction of sp³-hybridized carbons (Fsp3) is 0.571. The maximum atomic E-state index is 10.9. The van der Waals surface area contributed by atoms with Crippen molar-refractivity contribution >= 4 is 29.4 Å². The Morgan fingerprint density at radius 1 is 1.82 bits per heavy atom. The standard InChI is InChI=1S/C7H9NOS2/c1-10-7-2-3-8-5(9)4-6(8)11-7/h2-3,6-7H,4H2,1H3/t6-,7?/m1/s1. The van der Waals surface area contributed by atoms with Gasteiger partial charge in [0.2, 0.25) is 5.91 Å². The summed E-state index contributed by atoms with van der Waals surface area (Å²) in [6.07, 6.45) is 6.83. The summed E-state index contributed by atoms with van der Waals surface area (Å²) in [5.74, 6) is 0.262. The van der Waals surface area contributed by atoms with Gasteiger partial charge in [-0.3, -0.25) is 4.79 Å². The molecule has 1 unspecified atom stereocenters. The van der Waals surface area contributed by atoms with Crippen LogP contribution in [0.1, 0.15) is 6.42 Å². The van der Waals surface area contributed by atoms with E-state index in [2.05, 4.69) is 12.3 Å². The first-order valence-corrected chi connectivity index (χ1v) is 5.72. The molecule has 2 aliphatic heterocycles. The van der Waals surface area contributed by atoms with E-state index in [4.69, 9.17) is 0 Å². The number of rotatable bonds is 1. The van der Waals surface area contributed by atoms with Crippen LogP contribution >= 0.6 is 23.5 Å². The minimum atomic E-state index is 0.262. The highest BCUT2D eigenvalue weighted by molar-refractivity contribution is 8.17. The van der Waals surface area contributed by atoms with Gasteiger partial charge in [0.1, 0.15) is 0 Å². The molecule has 0 aromatic carbocycles. The molecule has 0 bridgehead atoms. The molecule has 0 aliphatic carbocycles. The van der Waals surface area contributed by atoms with Gasteiger partial charge in [-0.2, -0.15) is 0 Å². The largest absolute Gasteiger partial charge is 0.306 e. The third kappa shape index (κ3) is 1.18. The highest BCUT2D eigenvalue weighted by Crippen LogP contribution is 2.40. The van der Waals surface area contributed by atoms with Crippen LogP contribution in [-0.2, 0) is 4.79 Å². The summed E-state index contributed by atoms with van der Waals surface area (Å²) in [7, 11) is 0. The number of carbonyl (C=O) groups is 1. The quantitative estimate of drug-likeness (QED) is 0.580. The van der Waals surface area contributed by atoms with Crippen molar-refractivity contribution in [3.05, 3.63) is 12.3 Å². The van der Waals surface area contributed by atoms with Crippen molar-refractivity contribution in [2.24, 2.45) is 0 Å². The lowest BCUT2D eigenvalue weighted by molar-refractivity contribution is -0.137. The lowest BCUT2D eigenvalue weighted by atomic mass is 10.2. The Hall–Kier alpha value is -0.0900. The van der Waals surface area contributed by atoms with Crippen molar-refractivity contribution in [3.8, 4) is 0 Å². The predicted octanol–water partition coefficient (Wildman–Crippen LogP) is 1.49. The molecule has 1 amide bonds. The van der Waals surface area contributed by atoms with Gasteiger partial charge in [-0.15, -0.1) is 23.5 Å². The number of fused-ring (bicyclic) bond motifs is 1. The van der Waals surface area contributed by atoms with Gasteiger partial charge in [0, 0.05) is 6.20 Å². The van der Waals surface area contributed by atoms with Crippen molar-refractivity contribution in [1.29, 1.82) is 0 Å². The molecule has 2 aliphatic rings. The lowest BCUT2D eigenvalue weighted by Crippen LogP contribution is -2.49. The third-order valence-corrected chi connectivity index (χ3v) is 4.54. The maximum Gasteiger partial charge on any atom is 0.230 e. The molecule has 0 aromatic heterocycles. The second-order valence-electron chi connectivity index (χ2n) is 2.54. The summed E-state index contributed by atoms with van der Waals surface area (Å²) in [5, 5.41) is 0.435. The summed E-state index contributed by atoms with van der Waals surface area (Å²) < 4.78 is 0.546. The van der Waals surface area contributed by atoms with Crippen LogP contribution < -0.4 is 0 Å². The molecule has 1 fully saturated rings. The van der Waals surface area contributed by atoms with E-state index in [1.807, 2.05) is 34.6 Å². The predicted molar refractivity (Wildman–Crippen MR) is 49.3 cm³/mol. The molecule has 0 N–H and O–H groups in total. The van der Waals surface area contributed by atoms with E-state index in [9.17, 15) is 4.79 Å². The first-order valence-electron chi connectivity index (χ1n) is 3.49. The molecule has 2 nitrogen and oxygen atoms in total. The van der Waals surface area contributed by atoms with Crippen LogP contribution in [0.25, 0.3) is 0 Å². The van der Waals surface area contributed by atoms with E-state index in [1.54, 1.807) is 0 Å². The highest BCUT2D eigenvalue weighted by atomic mass is 32.2. The Kier molecular flexibility index (Phi) is 1.89. The second-order valence-corrected chi connectivity index (χ2v) is 5.14. The van der Waals surface area contributed by atoms with Crippen LogP contribution in [0.3, 0.4) is 0 Å². The monoisotopic (exact) mass is 187 g/mol. The average molecular weight is 187 g/mol. The van der Waals surface area contributed by atoms with Crippen LogP contribution in [0, 0.1) is 0 Å². The van der Waals surface area contributed by atoms with Crippen molar-refractivity contribution in [3.63, 3.8) is 0 Å². The number of amides is 1. The number of carbonyl (C=O) groups excluding carboxylic acids is 1. The molecule has 11 heavy (non-hydrogen) atoms. The van der Waals surface area contributed by atoms with Crippen LogP contribution in [0.4, 0.5) is 0 Å². The van der Waals surface area contributed by atoms with E-state index in [-0.39, 0.29) is 5.91 Å². The molecular formula is C7H9NOS2. The molecule has 1 saturated heterocycles. The molecule has 0 aromatic rings. The van der Waals surface area contributed by atoms with Gasteiger partial charge < -0.3 is 4.90 Å². The van der Waals surface area contributed by atoms with Gasteiger partial charge in [0.15, 0.2) is 0 Å². The lowest BCUT2D eigenvalue weighted by Gasteiger charge is -2.41. The molecule has 2 atom stereocenters. The van der Waals surface area contributed by atoms with Crippen LogP contribution in [0.2, 0.25) is 0 Å². The van der Waals surface area contributed by atoms with Crippen molar-refractivity contribution < 1.29 is 4.79 Å². The Bertz CT molecular complexity index is 216. The highest BCUT2D eigenvalue weighted by Gasteiger charge is 2.38. The molecule has 0 saturated carbocycles. The molecule has 2 rings (SSSR count). The van der Waals surface area contributed by atoms with Gasteiger partial charge in [0.25, 0.3) is 0 Å². The molecule has 2 heterocycles. The zero-order chi connectivity index (χ0) is 7.84. The molecule has 0 radical (unpaired) electrons. The Labute approximate surface area is 74.4 Å². The van der Waals surface area contributed by atoms with Gasteiger partial charge in [-0.05, 0) is 12.3 Å². The van der Waals surface area contributed by atoms with Crippen molar-refractivity contribution in [2.75, 3.05) is 6.26 Å². The normalized spacial score (nSPS) is 35.0. The summed E-state index contributed by atoms with van der Waals surface area (Å²) in [5.41, 5.74) is 0. The van der Waals surface area contributed by atoms with Gasteiger partial charge in [-0.25, -0.2) is 0 Å². The minimum Gasteiger partial charge on any atom is -0.306 e. The van der Waals surface area contributed by atoms with E-state index >= 15 is 0 Å². The van der Waals surface area contributed by atoms with Gasteiger partial charge in [-0.1, -0.05) is 0 Å². The number of hydrogen-bond donors (Lipinski definition) is 0. The summed E-state index contributed by atoms with van der Waals surface area (Å²) in [6, 6.07) is 0. The van der Waals surface area contributed by atoms with Crippen molar-refractivity contribution in [1.82, 2.24) is 4.90 Å². The fourth-order valence-electron chi connectivity index (χ4n) is 1.19. The molecular weight excluding hydrogens is 178 g/mol. The maximum absolute atomic E-state index is 10.9. The Morgan fingerprint density at radius 2 is 2.64 bits per heavy atom. The topological polar surface area (TPSA) is 20.3 Å². The molecule has 60 valence electrons. The van der Waals surface area contributed by atoms with E-state index in [0.29, 0.717) is 9.96 Å². The zero-order valence-corrected chi connectivity index (χ0v) is 7.82. The van der Waals surface area contributed by atoms with Crippen LogP contribution in [0.5, 0.6) is 0 Å². The van der Waals surface area contributed by atoms with Gasteiger partial charge >= 0.3 is 0 Å². The zero-order valence-electron chi connectivity index (χ0n) is 6.19. The summed E-state index contributed by atoms with van der Waals surface area (Å²) >= 11 is 3.69. The van der Waals surface area contributed by atoms with Gasteiger partial charge in [0.05, 0.1) is 16.4 Å². The summed E-state index contributed by atoms with van der Waals surface area (Å²) in [6.45, 7) is 0. The van der Waals surface area contributed by atoms with Crippen LogP contribution in [-0.4, -0.2) is 27.0 Å². The Balaban J connectivity index is 2.06. The number of β-lactam (4-membered cyclic amide) rings is 1. The first-order chi connectivity index (χ1) is 5.31. The molecule has 0 spiro atoms. The third-order valence-electron chi connectivity index (χ3n) is 1.87. The minimum absolute atomic E-state index is 0.262. The number of hydrogen-bond acceptors (Lipinski definition) is 3. The van der Waals surface area contributed by atoms with E-state index in [1.165, 1.54) is 0 Å². The Morgan fingerprint density at radius 3 is 3.18 bits per heavy atom. The van der Waals surface area contributed by atoms with E-state index in [0.717, 1.165) is 6.42 Å². The summed E-state index contributed by atoms with van der Waals surface area (Å²) in [4.78, 5) is 12.7.